The Bertz CT molecular complexity index is 1430. The van der Waals surface area contributed by atoms with Crippen LogP contribution in [0.25, 0.3) is 11.2 Å². The van der Waals surface area contributed by atoms with Gasteiger partial charge in [-0.2, -0.15) is 9.97 Å². The molecule has 3 saturated heterocycles. The second kappa shape index (κ2) is 12.1. The first-order valence-corrected chi connectivity index (χ1v) is 15.6. The zero-order valence-electron chi connectivity index (χ0n) is 22.7. The molecule has 2 N–H and O–H groups in total. The van der Waals surface area contributed by atoms with Gasteiger partial charge in [0.05, 0.1) is 30.0 Å². The van der Waals surface area contributed by atoms with Gasteiger partial charge in [0.2, 0.25) is 5.88 Å². The zero-order chi connectivity index (χ0) is 28.7. The SMILES string of the molecule is CN1CCC(CS(C)=Nc2cc(F)c(COc3nc4nc(OC5CO[C@@H]6C(O)CO[C@H]56)[nH]c4cc3Cl)c(F)c2)CC1. The Balaban J connectivity index is 1.10. The van der Waals surface area contributed by atoms with Gasteiger partial charge in [-0.15, -0.1) is 0 Å². The van der Waals surface area contributed by atoms with Gasteiger partial charge in [0.25, 0.3) is 6.01 Å². The molecule has 3 aliphatic rings. The number of benzene rings is 1. The maximum Gasteiger partial charge on any atom is 0.296 e. The maximum absolute atomic E-state index is 14.9. The third kappa shape index (κ3) is 6.35. The second-order valence-corrected chi connectivity index (χ2v) is 12.9. The normalized spacial score (nSPS) is 26.1. The fourth-order valence-electron chi connectivity index (χ4n) is 5.43. The Morgan fingerprint density at radius 1 is 1.15 bits per heavy atom. The van der Waals surface area contributed by atoms with Crippen molar-refractivity contribution in [2.24, 2.45) is 10.3 Å². The first kappa shape index (κ1) is 28.7. The number of aliphatic hydroxyl groups excluding tert-OH is 1. The Morgan fingerprint density at radius 2 is 1.88 bits per heavy atom. The summed E-state index contributed by atoms with van der Waals surface area (Å²) in [6.07, 6.45) is 2.26. The van der Waals surface area contributed by atoms with Crippen molar-refractivity contribution in [3.05, 3.63) is 40.4 Å². The van der Waals surface area contributed by atoms with E-state index in [1.807, 2.05) is 6.26 Å². The van der Waals surface area contributed by atoms with Gasteiger partial charge in [0, 0.05) is 17.9 Å². The summed E-state index contributed by atoms with van der Waals surface area (Å²) in [5.74, 6) is -0.0181. The number of aliphatic hydroxyl groups is 1. The Morgan fingerprint density at radius 3 is 2.63 bits per heavy atom. The van der Waals surface area contributed by atoms with Crippen LogP contribution < -0.4 is 9.47 Å². The van der Waals surface area contributed by atoms with Crippen molar-refractivity contribution in [2.75, 3.05) is 45.4 Å². The number of piperidine rings is 1. The summed E-state index contributed by atoms with van der Waals surface area (Å²) < 4.78 is 57.1. The molecule has 1 aromatic carbocycles. The Labute approximate surface area is 243 Å². The predicted octanol–water partition coefficient (Wildman–Crippen LogP) is 3.78. The number of aromatic nitrogens is 3. The molecule has 41 heavy (non-hydrogen) atoms. The highest BCUT2D eigenvalue weighted by Gasteiger charge is 2.48. The summed E-state index contributed by atoms with van der Waals surface area (Å²) in [7, 11) is 1.78. The number of hydrogen-bond acceptors (Lipinski definition) is 9. The second-order valence-electron chi connectivity index (χ2n) is 10.8. The predicted molar refractivity (Wildman–Crippen MR) is 150 cm³/mol. The highest BCUT2D eigenvalue weighted by Crippen LogP contribution is 2.32. The summed E-state index contributed by atoms with van der Waals surface area (Å²) in [5.41, 5.74) is 0.769. The quantitative estimate of drug-likeness (QED) is 0.396. The van der Waals surface area contributed by atoms with Crippen molar-refractivity contribution in [1.82, 2.24) is 19.9 Å². The number of pyridine rings is 1. The molecule has 0 aliphatic carbocycles. The highest BCUT2D eigenvalue weighted by molar-refractivity contribution is 7.86. The number of H-pyrrole nitrogens is 1. The van der Waals surface area contributed by atoms with Gasteiger partial charge in [0.15, 0.2) is 11.8 Å². The lowest BCUT2D eigenvalue weighted by Gasteiger charge is -2.28. The molecule has 3 aliphatic heterocycles. The van der Waals surface area contributed by atoms with E-state index in [9.17, 15) is 13.9 Å². The Kier molecular flexibility index (Phi) is 8.44. The fraction of sp³-hybridized carbons (Fsp3) is 0.556. The van der Waals surface area contributed by atoms with E-state index in [1.165, 1.54) is 12.1 Å². The smallest absolute Gasteiger partial charge is 0.296 e. The number of hydrogen-bond donors (Lipinski definition) is 2. The standard InChI is InChI=1S/C27H32ClF2N5O5S/c1-35-5-3-14(4-6-35)13-41(2)34-15-7-18(29)16(19(30)8-15)10-39-26-17(28)9-20-25(32-26)33-27(31-20)40-22-12-38-23-21(36)11-37-24(22)23/h7-9,14,21-24,36H,3-6,10-13H2,1-2H3,(H,31,32,33)/t21?,22?,23-,24-,41?/m1/s1. The molecule has 10 nitrogen and oxygen atoms in total. The first-order valence-electron chi connectivity index (χ1n) is 13.5. The van der Waals surface area contributed by atoms with Crippen LogP contribution in [-0.2, 0) is 26.8 Å². The van der Waals surface area contributed by atoms with Crippen LogP contribution in [0.5, 0.6) is 11.9 Å². The van der Waals surface area contributed by atoms with Crippen LogP contribution in [0.4, 0.5) is 14.5 Å². The van der Waals surface area contributed by atoms with E-state index in [0.717, 1.165) is 31.7 Å². The summed E-state index contributed by atoms with van der Waals surface area (Å²) in [6.45, 7) is 2.15. The lowest BCUT2D eigenvalue weighted by molar-refractivity contribution is 0.00706. The molecular weight excluding hydrogens is 580 g/mol. The molecule has 14 heteroatoms. The van der Waals surface area contributed by atoms with Crippen LogP contribution in [0.3, 0.4) is 0 Å². The number of aromatic amines is 1. The number of fused-ring (bicyclic) bond motifs is 2. The van der Waals surface area contributed by atoms with Crippen LogP contribution in [-0.4, -0.2) is 94.7 Å². The minimum absolute atomic E-state index is 0.0236. The molecule has 0 bridgehead atoms. The van der Waals surface area contributed by atoms with Crippen molar-refractivity contribution in [1.29, 1.82) is 0 Å². The van der Waals surface area contributed by atoms with Gasteiger partial charge in [-0.1, -0.05) is 22.3 Å². The van der Waals surface area contributed by atoms with E-state index in [-0.39, 0.29) is 57.7 Å². The topological polar surface area (TPSA) is 114 Å². The average molecular weight is 612 g/mol. The van der Waals surface area contributed by atoms with Crippen LogP contribution in [0.1, 0.15) is 18.4 Å². The number of ether oxygens (including phenoxy) is 4. The number of nitrogens with zero attached hydrogens (tertiary/aromatic N) is 4. The third-order valence-corrected chi connectivity index (χ3v) is 9.42. The molecule has 3 fully saturated rings. The largest absolute Gasteiger partial charge is 0.471 e. The van der Waals surface area contributed by atoms with Crippen molar-refractivity contribution >= 4 is 39.1 Å². The zero-order valence-corrected chi connectivity index (χ0v) is 24.3. The Hall–Kier alpha value is -2.42. The molecule has 0 radical (unpaired) electrons. The minimum atomic E-state index is -0.746. The van der Waals surface area contributed by atoms with E-state index in [2.05, 4.69) is 31.3 Å². The molecule has 0 saturated carbocycles. The lowest BCUT2D eigenvalue weighted by atomic mass is 10.00. The van der Waals surface area contributed by atoms with Gasteiger partial charge >= 0.3 is 0 Å². The molecule has 5 atom stereocenters. The van der Waals surface area contributed by atoms with Crippen molar-refractivity contribution in [3.63, 3.8) is 0 Å². The van der Waals surface area contributed by atoms with Crippen molar-refractivity contribution in [3.8, 4) is 11.9 Å². The van der Waals surface area contributed by atoms with E-state index in [1.54, 1.807) is 6.07 Å². The molecule has 222 valence electrons. The van der Waals surface area contributed by atoms with Gasteiger partial charge in [-0.05, 0) is 51.2 Å². The highest BCUT2D eigenvalue weighted by atomic mass is 35.5. The van der Waals surface area contributed by atoms with E-state index >= 15 is 0 Å². The van der Waals surface area contributed by atoms with Gasteiger partial charge in [-0.25, -0.2) is 13.1 Å². The molecule has 5 heterocycles. The minimum Gasteiger partial charge on any atom is -0.471 e. The summed E-state index contributed by atoms with van der Waals surface area (Å²) in [4.78, 5) is 13.9. The molecule has 2 aromatic heterocycles. The van der Waals surface area contributed by atoms with E-state index in [4.69, 9.17) is 30.5 Å². The molecule has 3 unspecified atom stereocenters. The lowest BCUT2D eigenvalue weighted by Crippen LogP contribution is -2.34. The van der Waals surface area contributed by atoms with Crippen molar-refractivity contribution < 1.29 is 32.8 Å². The molecule has 0 amide bonds. The van der Waals surface area contributed by atoms with Gasteiger partial charge in [-0.3, -0.25) is 0 Å². The van der Waals surface area contributed by atoms with Gasteiger partial charge < -0.3 is 33.9 Å². The summed E-state index contributed by atoms with van der Waals surface area (Å²) in [5, 5.41) is 10.1. The number of nitrogens with one attached hydrogen (secondary N) is 1. The van der Waals surface area contributed by atoms with Crippen LogP contribution >= 0.6 is 11.6 Å². The number of likely N-dealkylation sites (tertiary alicyclic amines) is 1. The first-order chi connectivity index (χ1) is 19.7. The van der Waals surface area contributed by atoms with Gasteiger partial charge in [0.1, 0.15) is 41.6 Å². The molecule has 0 spiro atoms. The number of halogens is 3. The van der Waals surface area contributed by atoms with E-state index in [0.29, 0.717) is 11.4 Å². The fourth-order valence-corrected chi connectivity index (χ4v) is 7.19. The average Bonchev–Trinajstić information content (AvgIpc) is 3.61. The third-order valence-electron chi connectivity index (χ3n) is 7.67. The summed E-state index contributed by atoms with van der Waals surface area (Å²) in [6, 6.07) is 4.19. The monoisotopic (exact) mass is 611 g/mol. The molecular formula is C27H32ClF2N5O5S. The number of rotatable bonds is 8. The van der Waals surface area contributed by atoms with E-state index < -0.39 is 42.7 Å². The van der Waals surface area contributed by atoms with Crippen LogP contribution in [0, 0.1) is 17.6 Å². The number of imidazole rings is 1. The van der Waals surface area contributed by atoms with Crippen LogP contribution in [0.15, 0.2) is 22.6 Å². The van der Waals surface area contributed by atoms with Crippen molar-refractivity contribution in [2.45, 2.75) is 43.9 Å². The van der Waals surface area contributed by atoms with Crippen LogP contribution in [0.2, 0.25) is 5.02 Å². The maximum atomic E-state index is 14.9. The summed E-state index contributed by atoms with van der Waals surface area (Å²) >= 11 is 6.34. The molecule has 3 aromatic rings. The molecule has 6 rings (SSSR count).